The largest absolute Gasteiger partial charge is 0.354 e. The molecule has 0 aliphatic carbocycles. The van der Waals surface area contributed by atoms with E-state index in [1.165, 1.54) is 11.1 Å². The molecule has 3 rings (SSSR count). The van der Waals surface area contributed by atoms with Crippen molar-refractivity contribution < 1.29 is 9.59 Å². The molecule has 2 fully saturated rings. The molecular weight excluding hydrogens is 320 g/mol. The number of carbonyl (C=O) groups excluding carboxylic acids is 2. The zero-order chi connectivity index (χ0) is 18.2. The van der Waals surface area contributed by atoms with Crippen LogP contribution in [-0.4, -0.2) is 63.9 Å². The summed E-state index contributed by atoms with van der Waals surface area (Å²) >= 11 is 0. The van der Waals surface area contributed by atoms with Crippen LogP contribution >= 0.6 is 0 Å². The quantitative estimate of drug-likeness (QED) is 0.767. The van der Waals surface area contributed by atoms with E-state index in [1.54, 1.807) is 18.1 Å². The van der Waals surface area contributed by atoms with Crippen LogP contribution in [0.25, 0.3) is 0 Å². The number of likely N-dealkylation sites (N-methyl/N-ethyl adjacent to an activating group) is 1. The van der Waals surface area contributed by atoms with Gasteiger partial charge in [-0.05, 0) is 18.8 Å². The van der Waals surface area contributed by atoms with E-state index in [1.807, 2.05) is 18.7 Å². The lowest BCUT2D eigenvalue weighted by Crippen LogP contribution is -2.57. The zero-order valence-corrected chi connectivity index (χ0v) is 14.8. The number of aromatic nitrogens is 2. The molecule has 0 unspecified atom stereocenters. The predicted molar refractivity (Wildman–Crippen MR) is 90.6 cm³/mol. The van der Waals surface area contributed by atoms with Crippen molar-refractivity contribution in [1.82, 2.24) is 19.8 Å². The second-order valence-corrected chi connectivity index (χ2v) is 7.01. The molecule has 3 amide bonds. The van der Waals surface area contributed by atoms with E-state index in [0.717, 1.165) is 0 Å². The van der Waals surface area contributed by atoms with Gasteiger partial charge in [-0.2, -0.15) is 5.26 Å². The van der Waals surface area contributed by atoms with Crippen LogP contribution in [0.1, 0.15) is 32.4 Å². The van der Waals surface area contributed by atoms with Crippen LogP contribution in [0, 0.1) is 17.2 Å². The smallest absolute Gasteiger partial charge is 0.327 e. The van der Waals surface area contributed by atoms with Gasteiger partial charge in [0.15, 0.2) is 11.5 Å². The Balaban J connectivity index is 1.85. The SMILES string of the molecule is CC(C)CN1C(=O)N(C)C(=O)C12CCN(c1nccnc1C#N)CC2. The molecule has 1 spiro atoms. The fraction of sp³-hybridized carbons (Fsp3) is 0.588. The van der Waals surface area contributed by atoms with E-state index in [9.17, 15) is 14.9 Å². The maximum absolute atomic E-state index is 12.8. The highest BCUT2D eigenvalue weighted by Gasteiger charge is 2.56. The first kappa shape index (κ1) is 17.1. The molecule has 8 nitrogen and oxygen atoms in total. The van der Waals surface area contributed by atoms with E-state index in [4.69, 9.17) is 0 Å². The van der Waals surface area contributed by atoms with Crippen molar-refractivity contribution in [2.45, 2.75) is 32.2 Å². The highest BCUT2D eigenvalue weighted by atomic mass is 16.2. The third kappa shape index (κ3) is 2.69. The Morgan fingerprint density at radius 1 is 1.24 bits per heavy atom. The first-order chi connectivity index (χ1) is 11.9. The third-order valence-corrected chi connectivity index (χ3v) is 4.96. The normalized spacial score (nSPS) is 19.9. The summed E-state index contributed by atoms with van der Waals surface area (Å²) in [6, 6.07) is 1.84. The van der Waals surface area contributed by atoms with E-state index in [-0.39, 0.29) is 23.6 Å². The van der Waals surface area contributed by atoms with Crippen LogP contribution in [0.4, 0.5) is 10.6 Å². The lowest BCUT2D eigenvalue weighted by atomic mass is 9.85. The number of rotatable bonds is 3. The van der Waals surface area contributed by atoms with Gasteiger partial charge in [-0.15, -0.1) is 0 Å². The van der Waals surface area contributed by atoms with Crippen molar-refractivity contribution in [3.63, 3.8) is 0 Å². The second kappa shape index (κ2) is 6.31. The van der Waals surface area contributed by atoms with E-state index < -0.39 is 5.54 Å². The number of imide groups is 1. The Morgan fingerprint density at radius 2 is 1.88 bits per heavy atom. The first-order valence-corrected chi connectivity index (χ1v) is 8.46. The minimum absolute atomic E-state index is 0.127. The van der Waals surface area contributed by atoms with Crippen LogP contribution in [0.5, 0.6) is 0 Å². The van der Waals surface area contributed by atoms with Gasteiger partial charge >= 0.3 is 6.03 Å². The summed E-state index contributed by atoms with van der Waals surface area (Å²) in [5, 5.41) is 9.21. The molecule has 0 bridgehead atoms. The minimum Gasteiger partial charge on any atom is -0.354 e. The number of urea groups is 1. The molecule has 132 valence electrons. The monoisotopic (exact) mass is 342 g/mol. The molecule has 0 saturated carbocycles. The third-order valence-electron chi connectivity index (χ3n) is 4.96. The van der Waals surface area contributed by atoms with Crippen LogP contribution in [0.3, 0.4) is 0 Å². The Hall–Kier alpha value is -2.69. The summed E-state index contributed by atoms with van der Waals surface area (Å²) in [5.41, 5.74) is -0.495. The Kier molecular flexibility index (Phi) is 4.33. The van der Waals surface area contributed by atoms with Gasteiger partial charge in [-0.1, -0.05) is 13.8 Å². The molecular formula is C17H22N6O2. The molecule has 1 aromatic heterocycles. The maximum Gasteiger partial charge on any atom is 0.327 e. The minimum atomic E-state index is -0.776. The van der Waals surface area contributed by atoms with Crippen LogP contribution in [0.2, 0.25) is 0 Å². The van der Waals surface area contributed by atoms with Gasteiger partial charge in [0.1, 0.15) is 11.6 Å². The standard InChI is InChI=1S/C17H22N6O2/c1-12(2)11-23-16(25)21(3)15(24)17(23)4-8-22(9-5-17)14-13(10-18)19-6-7-20-14/h6-7,12H,4-5,8-9,11H2,1-3H3. The summed E-state index contributed by atoms with van der Waals surface area (Å²) in [4.78, 5) is 38.6. The lowest BCUT2D eigenvalue weighted by molar-refractivity contribution is -0.133. The summed E-state index contributed by atoms with van der Waals surface area (Å²) < 4.78 is 0. The number of nitriles is 1. The fourth-order valence-electron chi connectivity index (χ4n) is 3.71. The number of amides is 3. The molecule has 0 radical (unpaired) electrons. The van der Waals surface area contributed by atoms with Crippen LogP contribution in [-0.2, 0) is 4.79 Å². The Morgan fingerprint density at radius 3 is 2.48 bits per heavy atom. The highest BCUT2D eigenvalue weighted by molar-refractivity contribution is 6.07. The lowest BCUT2D eigenvalue weighted by Gasteiger charge is -2.43. The first-order valence-electron chi connectivity index (χ1n) is 8.46. The van der Waals surface area contributed by atoms with Gasteiger partial charge in [-0.25, -0.2) is 14.8 Å². The fourth-order valence-corrected chi connectivity index (χ4v) is 3.71. The Labute approximate surface area is 147 Å². The predicted octanol–water partition coefficient (Wildman–Crippen LogP) is 1.24. The van der Waals surface area contributed by atoms with Gasteiger partial charge in [0.2, 0.25) is 0 Å². The van der Waals surface area contributed by atoms with Gasteiger partial charge in [-0.3, -0.25) is 9.69 Å². The van der Waals surface area contributed by atoms with Crippen molar-refractivity contribution >= 4 is 17.8 Å². The van der Waals surface area contributed by atoms with Crippen molar-refractivity contribution in [2.75, 3.05) is 31.6 Å². The average molecular weight is 342 g/mol. The number of hydrogen-bond acceptors (Lipinski definition) is 6. The second-order valence-electron chi connectivity index (χ2n) is 7.01. The molecule has 8 heteroatoms. The molecule has 3 heterocycles. The van der Waals surface area contributed by atoms with Gasteiger partial charge in [0.25, 0.3) is 5.91 Å². The van der Waals surface area contributed by atoms with Crippen LogP contribution in [0.15, 0.2) is 12.4 Å². The average Bonchev–Trinajstić information content (AvgIpc) is 2.78. The number of nitrogens with zero attached hydrogens (tertiary/aromatic N) is 6. The van der Waals surface area contributed by atoms with Crippen molar-refractivity contribution in [3.8, 4) is 6.07 Å². The number of piperidine rings is 1. The highest BCUT2D eigenvalue weighted by Crippen LogP contribution is 2.38. The zero-order valence-electron chi connectivity index (χ0n) is 14.8. The molecule has 2 saturated heterocycles. The summed E-state index contributed by atoms with van der Waals surface area (Å²) in [6.07, 6.45) is 4.10. The van der Waals surface area contributed by atoms with E-state index in [2.05, 4.69) is 16.0 Å². The molecule has 1 aromatic rings. The van der Waals surface area contributed by atoms with Crippen molar-refractivity contribution in [2.24, 2.45) is 5.92 Å². The van der Waals surface area contributed by atoms with E-state index >= 15 is 0 Å². The molecule has 2 aliphatic rings. The van der Waals surface area contributed by atoms with Gasteiger partial charge in [0, 0.05) is 39.1 Å². The summed E-state index contributed by atoms with van der Waals surface area (Å²) in [6.45, 7) is 5.74. The Bertz CT molecular complexity index is 733. The topological polar surface area (TPSA) is 93.4 Å². The number of anilines is 1. The van der Waals surface area contributed by atoms with Gasteiger partial charge in [0.05, 0.1) is 0 Å². The summed E-state index contributed by atoms with van der Waals surface area (Å²) in [7, 11) is 1.55. The van der Waals surface area contributed by atoms with Crippen molar-refractivity contribution in [3.05, 3.63) is 18.1 Å². The molecule has 0 N–H and O–H groups in total. The maximum atomic E-state index is 12.8. The molecule has 25 heavy (non-hydrogen) atoms. The van der Waals surface area contributed by atoms with Gasteiger partial charge < -0.3 is 9.80 Å². The van der Waals surface area contributed by atoms with Crippen LogP contribution < -0.4 is 4.90 Å². The summed E-state index contributed by atoms with van der Waals surface area (Å²) in [5.74, 6) is 0.696. The number of hydrogen-bond donors (Lipinski definition) is 0. The molecule has 2 aliphatic heterocycles. The molecule has 0 atom stereocenters. The number of carbonyl (C=O) groups is 2. The van der Waals surface area contributed by atoms with Crippen molar-refractivity contribution in [1.29, 1.82) is 5.26 Å². The molecule has 0 aromatic carbocycles. The van der Waals surface area contributed by atoms with E-state index in [0.29, 0.717) is 38.3 Å².